The summed E-state index contributed by atoms with van der Waals surface area (Å²) in [7, 11) is 1.42. The van der Waals surface area contributed by atoms with Crippen LogP contribution in [0.2, 0.25) is 0 Å². The lowest BCUT2D eigenvalue weighted by atomic mass is 9.79. The average Bonchev–Trinajstić information content (AvgIpc) is 3.02. The molecule has 0 aliphatic carbocycles. The third-order valence-electron chi connectivity index (χ3n) is 7.24. The quantitative estimate of drug-likeness (QED) is 0.0826. The molecule has 0 aromatic heterocycles. The number of benzene rings is 1. The fourth-order valence-corrected chi connectivity index (χ4v) is 5.17. The number of carbonyl (C=O) groups is 4. The molecule has 0 saturated carbocycles. The normalized spacial score (nSPS) is 16.8. The summed E-state index contributed by atoms with van der Waals surface area (Å²) in [6, 6.07) is 5.47. The van der Waals surface area contributed by atoms with Crippen LogP contribution in [-0.2, 0) is 38.1 Å². The van der Waals surface area contributed by atoms with Crippen LogP contribution >= 0.6 is 0 Å². The zero-order valence-corrected chi connectivity index (χ0v) is 27.6. The lowest BCUT2D eigenvalue weighted by Crippen LogP contribution is -2.39. The SMILES string of the molecule is CC.COCCOC(=O)C1=C(C)N(C(=O)OCOC(=O)CC2CCNCC2)C(C)=C(C(=O)OC(C)C)C1c1cccc([N+](=O)[O-])c1. The first-order valence-electron chi connectivity index (χ1n) is 15.3. The Morgan fingerprint density at radius 1 is 0.978 bits per heavy atom. The molecule has 1 atom stereocenters. The molecule has 254 valence electrons. The van der Waals surface area contributed by atoms with Crippen LogP contribution < -0.4 is 5.32 Å². The number of carbonyl (C=O) groups excluding carboxylic acids is 4. The number of nitro benzene ring substituents is 1. The van der Waals surface area contributed by atoms with Crippen LogP contribution in [0.3, 0.4) is 0 Å². The smallest absolute Gasteiger partial charge is 0.421 e. The fourth-order valence-electron chi connectivity index (χ4n) is 5.17. The van der Waals surface area contributed by atoms with Crippen LogP contribution in [0.25, 0.3) is 0 Å². The topological polar surface area (TPSA) is 173 Å². The molecular formula is C32H45N3O11. The molecule has 14 heteroatoms. The molecule has 1 saturated heterocycles. The Morgan fingerprint density at radius 2 is 1.61 bits per heavy atom. The lowest BCUT2D eigenvalue weighted by molar-refractivity contribution is -0.384. The van der Waals surface area contributed by atoms with Gasteiger partial charge in [-0.2, -0.15) is 0 Å². The highest BCUT2D eigenvalue weighted by Gasteiger charge is 2.43. The first-order valence-corrected chi connectivity index (χ1v) is 15.3. The molecular weight excluding hydrogens is 602 g/mol. The first-order chi connectivity index (χ1) is 22.0. The summed E-state index contributed by atoms with van der Waals surface area (Å²) >= 11 is 0. The van der Waals surface area contributed by atoms with Crippen LogP contribution in [0.4, 0.5) is 10.5 Å². The van der Waals surface area contributed by atoms with E-state index in [0.717, 1.165) is 30.8 Å². The zero-order chi connectivity index (χ0) is 34.4. The second-order valence-corrected chi connectivity index (χ2v) is 10.6. The zero-order valence-electron chi connectivity index (χ0n) is 27.6. The molecule has 1 amide bonds. The summed E-state index contributed by atoms with van der Waals surface area (Å²) in [4.78, 5) is 64.9. The summed E-state index contributed by atoms with van der Waals surface area (Å²) in [5, 5.41) is 14.8. The first kappa shape index (κ1) is 37.9. The standard InChI is InChI=1S/C30H39N3O11.C2H6/c1-18(2)44-29(36)26-20(4)32(30(37)43-17-42-24(34)15-21-9-11-31-12-10-21)19(3)25(28(35)41-14-13-40-5)27(26)22-7-6-8-23(16-22)33(38)39;1-2/h6-8,16,18,21,27,31H,9-15,17H2,1-5H3;1-2H3. The second kappa shape index (κ2) is 18.6. The Bertz CT molecular complexity index is 1320. The number of allylic oxidation sites excluding steroid dienone is 2. The summed E-state index contributed by atoms with van der Waals surface area (Å²) < 4.78 is 26.3. The van der Waals surface area contributed by atoms with E-state index in [1.807, 2.05) is 13.8 Å². The van der Waals surface area contributed by atoms with Gasteiger partial charge in [-0.1, -0.05) is 26.0 Å². The van der Waals surface area contributed by atoms with Gasteiger partial charge >= 0.3 is 24.0 Å². The predicted molar refractivity (Wildman–Crippen MR) is 166 cm³/mol. The molecule has 2 aliphatic rings. The molecule has 3 rings (SSSR count). The van der Waals surface area contributed by atoms with E-state index in [-0.39, 0.29) is 59.3 Å². The van der Waals surface area contributed by atoms with Crippen LogP contribution in [0, 0.1) is 16.0 Å². The van der Waals surface area contributed by atoms with Gasteiger partial charge < -0.3 is 29.0 Å². The number of amides is 1. The maximum absolute atomic E-state index is 13.6. The molecule has 1 N–H and O–H groups in total. The number of nitrogens with zero attached hydrogens (tertiary/aromatic N) is 2. The van der Waals surface area contributed by atoms with Gasteiger partial charge in [0, 0.05) is 37.1 Å². The van der Waals surface area contributed by atoms with Crippen LogP contribution in [-0.4, -0.2) is 80.1 Å². The number of rotatable bonds is 12. The van der Waals surface area contributed by atoms with Crippen molar-refractivity contribution in [3.05, 3.63) is 62.5 Å². The van der Waals surface area contributed by atoms with Crippen molar-refractivity contribution in [2.24, 2.45) is 5.92 Å². The third-order valence-corrected chi connectivity index (χ3v) is 7.24. The minimum Gasteiger partial charge on any atom is -0.460 e. The molecule has 0 spiro atoms. The maximum atomic E-state index is 13.6. The Balaban J connectivity index is 0.00000361. The molecule has 14 nitrogen and oxygen atoms in total. The average molecular weight is 648 g/mol. The largest absolute Gasteiger partial charge is 0.460 e. The van der Waals surface area contributed by atoms with E-state index in [4.69, 9.17) is 23.7 Å². The molecule has 46 heavy (non-hydrogen) atoms. The van der Waals surface area contributed by atoms with Gasteiger partial charge in [0.05, 0.1) is 34.7 Å². The predicted octanol–water partition coefficient (Wildman–Crippen LogP) is 4.74. The van der Waals surface area contributed by atoms with Crippen molar-refractivity contribution in [1.82, 2.24) is 10.2 Å². The number of hydrogen-bond acceptors (Lipinski definition) is 12. The Labute approximate surface area is 269 Å². The van der Waals surface area contributed by atoms with E-state index >= 15 is 0 Å². The molecule has 1 fully saturated rings. The molecule has 2 aliphatic heterocycles. The van der Waals surface area contributed by atoms with Crippen molar-refractivity contribution >= 4 is 29.7 Å². The van der Waals surface area contributed by atoms with E-state index < -0.39 is 47.7 Å². The molecule has 0 radical (unpaired) electrons. The summed E-state index contributed by atoms with van der Waals surface area (Å²) in [6.07, 6.45) is 0.262. The van der Waals surface area contributed by atoms with E-state index in [2.05, 4.69) is 5.32 Å². The van der Waals surface area contributed by atoms with Gasteiger partial charge in [0.25, 0.3) is 5.69 Å². The molecule has 1 aromatic carbocycles. The summed E-state index contributed by atoms with van der Waals surface area (Å²) in [5.41, 5.74) is -0.189. The minimum absolute atomic E-state index is 0.0496. The highest BCUT2D eigenvalue weighted by molar-refractivity contribution is 6.01. The van der Waals surface area contributed by atoms with Crippen molar-refractivity contribution in [2.75, 3.05) is 40.2 Å². The van der Waals surface area contributed by atoms with Gasteiger partial charge in [0.1, 0.15) is 6.61 Å². The number of piperidine rings is 1. The van der Waals surface area contributed by atoms with Crippen molar-refractivity contribution in [3.63, 3.8) is 0 Å². The number of non-ortho nitro benzene ring substituents is 1. The number of ether oxygens (including phenoxy) is 5. The lowest BCUT2D eigenvalue weighted by Gasteiger charge is -2.36. The number of hydrogen-bond donors (Lipinski definition) is 1. The Hall–Kier alpha value is -4.30. The van der Waals surface area contributed by atoms with Crippen molar-refractivity contribution in [3.8, 4) is 0 Å². The van der Waals surface area contributed by atoms with E-state index in [1.165, 1.54) is 45.2 Å². The summed E-state index contributed by atoms with van der Waals surface area (Å²) in [6.45, 7) is 11.0. The van der Waals surface area contributed by atoms with Gasteiger partial charge in [0.15, 0.2) is 0 Å². The number of esters is 3. The minimum atomic E-state index is -1.19. The molecule has 2 heterocycles. The molecule has 1 unspecified atom stereocenters. The van der Waals surface area contributed by atoms with Gasteiger partial charge in [-0.05, 0) is 65.1 Å². The highest BCUT2D eigenvalue weighted by Crippen LogP contribution is 2.44. The van der Waals surface area contributed by atoms with Crippen molar-refractivity contribution in [1.29, 1.82) is 0 Å². The number of nitro groups is 1. The highest BCUT2D eigenvalue weighted by atomic mass is 16.7. The molecule has 1 aromatic rings. The maximum Gasteiger partial charge on any atom is 0.421 e. The monoisotopic (exact) mass is 647 g/mol. The second-order valence-electron chi connectivity index (χ2n) is 10.6. The van der Waals surface area contributed by atoms with Crippen LogP contribution in [0.15, 0.2) is 46.8 Å². The number of nitrogens with one attached hydrogen (secondary N) is 1. The Morgan fingerprint density at radius 3 is 2.20 bits per heavy atom. The summed E-state index contributed by atoms with van der Waals surface area (Å²) in [5.74, 6) is -3.27. The Kier molecular flexibility index (Phi) is 15.3. The fraction of sp³-hybridized carbons (Fsp3) is 0.562. The molecule has 0 bridgehead atoms. The van der Waals surface area contributed by atoms with E-state index in [1.54, 1.807) is 13.8 Å². The van der Waals surface area contributed by atoms with Gasteiger partial charge in [0.2, 0.25) is 6.79 Å². The van der Waals surface area contributed by atoms with Crippen molar-refractivity contribution in [2.45, 2.75) is 72.8 Å². The van der Waals surface area contributed by atoms with Gasteiger partial charge in [-0.15, -0.1) is 0 Å². The van der Waals surface area contributed by atoms with E-state index in [9.17, 15) is 29.3 Å². The van der Waals surface area contributed by atoms with Crippen molar-refractivity contribution < 1.29 is 47.8 Å². The van der Waals surface area contributed by atoms with Gasteiger partial charge in [-0.3, -0.25) is 19.8 Å². The van der Waals surface area contributed by atoms with Crippen LogP contribution in [0.1, 0.15) is 72.3 Å². The van der Waals surface area contributed by atoms with E-state index in [0.29, 0.717) is 0 Å². The third kappa shape index (κ3) is 10.1. The number of methoxy groups -OCH3 is 1. The van der Waals surface area contributed by atoms with Gasteiger partial charge in [-0.25, -0.2) is 14.4 Å². The van der Waals surface area contributed by atoms with Crippen LogP contribution in [0.5, 0.6) is 0 Å².